The van der Waals surface area contributed by atoms with Crippen molar-refractivity contribution in [2.24, 2.45) is 11.0 Å². The first-order valence-electron chi connectivity index (χ1n) is 11.9. The Labute approximate surface area is 220 Å². The van der Waals surface area contributed by atoms with Crippen LogP contribution in [0.1, 0.15) is 24.5 Å². The molecule has 0 saturated carbocycles. The van der Waals surface area contributed by atoms with E-state index in [4.69, 9.17) is 25.8 Å². The molecule has 1 fully saturated rings. The minimum Gasteiger partial charge on any atom is -0.497 e. The van der Waals surface area contributed by atoms with E-state index in [9.17, 15) is 9.59 Å². The molecular weight excluding hydrogens is 494 g/mol. The number of methoxy groups -OCH3 is 1. The highest BCUT2D eigenvalue weighted by Gasteiger charge is 2.35. The van der Waals surface area contributed by atoms with Crippen molar-refractivity contribution < 1.29 is 23.8 Å². The molecule has 1 heterocycles. The third-order valence-corrected chi connectivity index (χ3v) is 6.25. The van der Waals surface area contributed by atoms with Crippen molar-refractivity contribution in [3.63, 3.8) is 0 Å². The van der Waals surface area contributed by atoms with Gasteiger partial charge in [0.2, 0.25) is 11.8 Å². The zero-order valence-corrected chi connectivity index (χ0v) is 21.4. The number of hydrazone groups is 1. The van der Waals surface area contributed by atoms with Gasteiger partial charge in [0.05, 0.1) is 25.8 Å². The molecule has 192 valence electrons. The lowest BCUT2D eigenvalue weighted by Crippen LogP contribution is -2.30. The van der Waals surface area contributed by atoms with Crippen molar-refractivity contribution in [3.8, 4) is 17.2 Å². The van der Waals surface area contributed by atoms with Crippen LogP contribution in [0, 0.1) is 5.92 Å². The third kappa shape index (κ3) is 6.59. The Bertz CT molecular complexity index is 1280. The summed E-state index contributed by atoms with van der Waals surface area (Å²) in [5.74, 6) is 0.916. The van der Waals surface area contributed by atoms with Gasteiger partial charge in [-0.3, -0.25) is 9.59 Å². The first-order chi connectivity index (χ1) is 18.0. The van der Waals surface area contributed by atoms with E-state index in [-0.39, 0.29) is 18.2 Å². The Hall–Kier alpha value is -4.04. The van der Waals surface area contributed by atoms with Crippen molar-refractivity contribution in [1.29, 1.82) is 0 Å². The molecule has 1 saturated heterocycles. The van der Waals surface area contributed by atoms with Gasteiger partial charge in [-0.05, 0) is 61.0 Å². The van der Waals surface area contributed by atoms with Gasteiger partial charge in [-0.2, -0.15) is 5.10 Å². The van der Waals surface area contributed by atoms with Crippen molar-refractivity contribution in [1.82, 2.24) is 5.43 Å². The molecule has 0 unspecified atom stereocenters. The lowest BCUT2D eigenvalue weighted by Gasteiger charge is -2.16. The SMILES string of the molecule is CCOc1cc(/C=N/NC(=O)[C@H]2CC(=O)N(c3ccc(OC)cc3)C2)ccc1OCc1ccccc1Cl. The van der Waals surface area contributed by atoms with E-state index in [1.54, 1.807) is 48.4 Å². The Morgan fingerprint density at radius 3 is 2.62 bits per heavy atom. The summed E-state index contributed by atoms with van der Waals surface area (Å²) in [7, 11) is 1.58. The molecule has 0 aliphatic carbocycles. The molecule has 3 aromatic rings. The van der Waals surface area contributed by atoms with Gasteiger partial charge < -0.3 is 19.1 Å². The topological polar surface area (TPSA) is 89.5 Å². The van der Waals surface area contributed by atoms with Gasteiger partial charge in [0.1, 0.15) is 12.4 Å². The Kier molecular flexibility index (Phi) is 8.64. The number of rotatable bonds is 10. The van der Waals surface area contributed by atoms with Gasteiger partial charge in [0.15, 0.2) is 11.5 Å². The molecule has 1 N–H and O–H groups in total. The van der Waals surface area contributed by atoms with Crippen LogP contribution in [0.2, 0.25) is 5.02 Å². The highest BCUT2D eigenvalue weighted by Crippen LogP contribution is 2.30. The number of hydrogen-bond acceptors (Lipinski definition) is 6. The van der Waals surface area contributed by atoms with E-state index in [0.717, 1.165) is 16.8 Å². The summed E-state index contributed by atoms with van der Waals surface area (Å²) in [4.78, 5) is 26.7. The smallest absolute Gasteiger partial charge is 0.245 e. The Morgan fingerprint density at radius 2 is 1.89 bits per heavy atom. The maximum atomic E-state index is 12.7. The number of carbonyl (C=O) groups is 2. The summed E-state index contributed by atoms with van der Waals surface area (Å²) in [5.41, 5.74) is 4.86. The van der Waals surface area contributed by atoms with Gasteiger partial charge in [-0.25, -0.2) is 5.43 Å². The average Bonchev–Trinajstić information content (AvgIpc) is 3.31. The van der Waals surface area contributed by atoms with Gasteiger partial charge >= 0.3 is 0 Å². The van der Waals surface area contributed by atoms with Gasteiger partial charge in [0.25, 0.3) is 0 Å². The number of ether oxygens (including phenoxy) is 3. The predicted octanol–water partition coefficient (Wildman–Crippen LogP) is 4.83. The quantitative estimate of drug-likeness (QED) is 0.305. The number of amides is 2. The zero-order chi connectivity index (χ0) is 26.2. The van der Waals surface area contributed by atoms with Crippen LogP contribution in [0.15, 0.2) is 71.8 Å². The monoisotopic (exact) mass is 521 g/mol. The van der Waals surface area contributed by atoms with Crippen molar-refractivity contribution in [3.05, 3.63) is 82.9 Å². The van der Waals surface area contributed by atoms with Crippen LogP contribution in [0.5, 0.6) is 17.2 Å². The van der Waals surface area contributed by atoms with E-state index < -0.39 is 5.92 Å². The minimum atomic E-state index is -0.494. The summed E-state index contributed by atoms with van der Waals surface area (Å²) in [5, 5.41) is 4.72. The number of anilines is 1. The van der Waals surface area contributed by atoms with Crippen molar-refractivity contribution in [2.45, 2.75) is 20.0 Å². The van der Waals surface area contributed by atoms with E-state index in [0.29, 0.717) is 42.0 Å². The molecule has 2 amide bonds. The predicted molar refractivity (Wildman–Crippen MR) is 143 cm³/mol. The van der Waals surface area contributed by atoms with Crippen LogP contribution in [0.4, 0.5) is 5.69 Å². The van der Waals surface area contributed by atoms with Crippen LogP contribution in [-0.4, -0.2) is 38.3 Å². The highest BCUT2D eigenvalue weighted by atomic mass is 35.5. The van der Waals surface area contributed by atoms with Crippen LogP contribution in [0.3, 0.4) is 0 Å². The molecule has 1 aliphatic rings. The summed E-state index contributed by atoms with van der Waals surface area (Å²) in [6, 6.07) is 20.0. The number of carbonyl (C=O) groups excluding carboxylic acids is 2. The highest BCUT2D eigenvalue weighted by molar-refractivity contribution is 6.31. The molecule has 4 rings (SSSR count). The Balaban J connectivity index is 1.35. The molecule has 1 atom stereocenters. The summed E-state index contributed by atoms with van der Waals surface area (Å²) in [6.07, 6.45) is 1.65. The molecule has 0 spiro atoms. The normalized spacial score (nSPS) is 15.2. The fourth-order valence-electron chi connectivity index (χ4n) is 3.92. The number of benzene rings is 3. The van der Waals surface area contributed by atoms with E-state index in [1.807, 2.05) is 37.3 Å². The van der Waals surface area contributed by atoms with Crippen LogP contribution in [-0.2, 0) is 16.2 Å². The second-order valence-electron chi connectivity index (χ2n) is 8.36. The second kappa shape index (κ2) is 12.3. The zero-order valence-electron chi connectivity index (χ0n) is 20.6. The molecule has 1 aliphatic heterocycles. The van der Waals surface area contributed by atoms with Gasteiger partial charge in [-0.1, -0.05) is 29.8 Å². The largest absolute Gasteiger partial charge is 0.497 e. The molecule has 0 radical (unpaired) electrons. The second-order valence-corrected chi connectivity index (χ2v) is 8.76. The van der Waals surface area contributed by atoms with E-state index in [2.05, 4.69) is 10.5 Å². The number of hydrogen-bond donors (Lipinski definition) is 1. The molecule has 8 nitrogen and oxygen atoms in total. The Morgan fingerprint density at radius 1 is 1.11 bits per heavy atom. The molecule has 3 aromatic carbocycles. The van der Waals surface area contributed by atoms with Gasteiger partial charge in [-0.15, -0.1) is 0 Å². The van der Waals surface area contributed by atoms with E-state index in [1.165, 1.54) is 6.21 Å². The number of nitrogens with one attached hydrogen (secondary N) is 1. The van der Waals surface area contributed by atoms with Crippen LogP contribution in [0.25, 0.3) is 0 Å². The summed E-state index contributed by atoms with van der Waals surface area (Å²) < 4.78 is 16.8. The average molecular weight is 522 g/mol. The molecule has 0 bridgehead atoms. The summed E-state index contributed by atoms with van der Waals surface area (Å²) in [6.45, 7) is 2.94. The standard InChI is InChI=1S/C28H28ClN3O5/c1-3-36-26-14-19(8-13-25(26)37-18-20-6-4-5-7-24(20)29)16-30-31-28(34)21-15-27(33)32(17-21)22-9-11-23(35-2)12-10-22/h4-14,16,21H,3,15,17-18H2,1-2H3,(H,31,34)/b30-16+/t21-/m0/s1. The first kappa shape index (κ1) is 26.0. The molecular formula is C28H28ClN3O5. The maximum Gasteiger partial charge on any atom is 0.245 e. The van der Waals surface area contributed by atoms with Crippen LogP contribution >= 0.6 is 11.6 Å². The lowest BCUT2D eigenvalue weighted by atomic mass is 10.1. The fraction of sp³-hybridized carbons (Fsp3) is 0.250. The number of halogens is 1. The molecule has 9 heteroatoms. The third-order valence-electron chi connectivity index (χ3n) is 5.88. The lowest BCUT2D eigenvalue weighted by molar-refractivity contribution is -0.126. The molecule has 37 heavy (non-hydrogen) atoms. The first-order valence-corrected chi connectivity index (χ1v) is 12.3. The van der Waals surface area contributed by atoms with Crippen molar-refractivity contribution in [2.75, 3.05) is 25.2 Å². The summed E-state index contributed by atoms with van der Waals surface area (Å²) >= 11 is 6.22. The van der Waals surface area contributed by atoms with Gasteiger partial charge in [0, 0.05) is 29.2 Å². The maximum absolute atomic E-state index is 12.7. The molecule has 0 aromatic heterocycles. The minimum absolute atomic E-state index is 0.108. The van der Waals surface area contributed by atoms with Crippen LogP contribution < -0.4 is 24.5 Å². The fourth-order valence-corrected chi connectivity index (χ4v) is 4.11. The van der Waals surface area contributed by atoms with Crippen molar-refractivity contribution >= 4 is 35.3 Å². The van der Waals surface area contributed by atoms with E-state index >= 15 is 0 Å². The number of nitrogens with zero attached hydrogens (tertiary/aromatic N) is 2.